The van der Waals surface area contributed by atoms with Crippen molar-refractivity contribution in [2.45, 2.75) is 37.0 Å². The topological polar surface area (TPSA) is 32.3 Å². The van der Waals surface area contributed by atoms with Crippen LogP contribution in [-0.4, -0.2) is 23.5 Å². The summed E-state index contributed by atoms with van der Waals surface area (Å²) in [6.07, 6.45) is 0.835. The molecule has 17 heavy (non-hydrogen) atoms. The predicted molar refractivity (Wildman–Crippen MR) is 78.5 cm³/mol. The second-order valence-corrected chi connectivity index (χ2v) is 6.37. The highest BCUT2D eigenvalue weighted by molar-refractivity contribution is 9.10. The van der Waals surface area contributed by atoms with Gasteiger partial charge in [-0.3, -0.25) is 0 Å². The summed E-state index contributed by atoms with van der Waals surface area (Å²) in [7, 11) is 0. The van der Waals surface area contributed by atoms with Gasteiger partial charge in [0.15, 0.2) is 0 Å². The minimum absolute atomic E-state index is 0.257. The van der Waals surface area contributed by atoms with Gasteiger partial charge < -0.3 is 10.4 Å². The Balaban J connectivity index is 2.74. The second kappa shape index (κ2) is 8.14. The molecule has 1 rings (SSSR count). The number of halogens is 1. The Kier molecular flexibility index (Phi) is 7.19. The van der Waals surface area contributed by atoms with Crippen LogP contribution in [0.4, 0.5) is 0 Å². The van der Waals surface area contributed by atoms with Crippen LogP contribution in [0, 0.1) is 0 Å². The molecule has 0 aliphatic carbocycles. The molecular formula is C13H20BrNOS. The van der Waals surface area contributed by atoms with E-state index in [0.717, 1.165) is 24.0 Å². The van der Waals surface area contributed by atoms with Gasteiger partial charge in [-0.1, -0.05) is 29.8 Å². The molecule has 0 saturated carbocycles. The van der Waals surface area contributed by atoms with E-state index in [2.05, 4.69) is 53.3 Å². The third kappa shape index (κ3) is 5.42. The molecule has 0 fully saturated rings. The van der Waals surface area contributed by atoms with Crippen molar-refractivity contribution in [1.29, 1.82) is 0 Å². The lowest BCUT2D eigenvalue weighted by molar-refractivity contribution is 0.289. The van der Waals surface area contributed by atoms with Gasteiger partial charge in [-0.05, 0) is 36.7 Å². The van der Waals surface area contributed by atoms with Crippen molar-refractivity contribution in [3.05, 3.63) is 28.2 Å². The van der Waals surface area contributed by atoms with Crippen LogP contribution < -0.4 is 5.32 Å². The molecule has 1 atom stereocenters. The third-order valence-electron chi connectivity index (χ3n) is 2.45. The zero-order chi connectivity index (χ0) is 12.7. The highest BCUT2D eigenvalue weighted by atomic mass is 79.9. The molecule has 96 valence electrons. The molecule has 4 heteroatoms. The van der Waals surface area contributed by atoms with E-state index in [4.69, 9.17) is 5.11 Å². The molecule has 0 aliphatic rings. The number of hydrogen-bond donors (Lipinski definition) is 2. The molecule has 0 aliphatic heterocycles. The number of thioether (sulfide) groups is 1. The molecule has 2 N–H and O–H groups in total. The zero-order valence-corrected chi connectivity index (χ0v) is 12.8. The van der Waals surface area contributed by atoms with Crippen LogP contribution in [0.1, 0.15) is 25.8 Å². The van der Waals surface area contributed by atoms with Gasteiger partial charge >= 0.3 is 0 Å². The molecule has 0 aromatic heterocycles. The Bertz CT molecular complexity index is 346. The summed E-state index contributed by atoms with van der Waals surface area (Å²) >= 11 is 5.34. The Morgan fingerprint density at radius 1 is 1.47 bits per heavy atom. The molecule has 1 unspecified atom stereocenters. The summed E-state index contributed by atoms with van der Waals surface area (Å²) in [4.78, 5) is 1.30. The normalized spacial score (nSPS) is 12.7. The van der Waals surface area contributed by atoms with Crippen molar-refractivity contribution in [3.63, 3.8) is 0 Å². The number of aliphatic hydroxyl groups is 1. The van der Waals surface area contributed by atoms with Crippen LogP contribution in [-0.2, 0) is 6.54 Å². The highest BCUT2D eigenvalue weighted by Gasteiger charge is 2.08. The lowest BCUT2D eigenvalue weighted by atomic mass is 10.2. The van der Waals surface area contributed by atoms with Crippen molar-refractivity contribution >= 4 is 27.7 Å². The van der Waals surface area contributed by atoms with Gasteiger partial charge in [0.05, 0.1) is 0 Å². The Hall–Kier alpha value is -0.0300. The lowest BCUT2D eigenvalue weighted by Crippen LogP contribution is -2.13. The quantitative estimate of drug-likeness (QED) is 0.756. The molecule has 0 heterocycles. The minimum Gasteiger partial charge on any atom is -0.396 e. The summed E-state index contributed by atoms with van der Waals surface area (Å²) in [6, 6.07) is 6.38. The minimum atomic E-state index is 0.257. The number of hydrogen-bond acceptors (Lipinski definition) is 3. The highest BCUT2D eigenvalue weighted by Crippen LogP contribution is 2.30. The molecule has 0 saturated heterocycles. The summed E-state index contributed by atoms with van der Waals surface area (Å²) in [5.41, 5.74) is 1.32. The number of nitrogens with one attached hydrogen (secondary N) is 1. The van der Waals surface area contributed by atoms with E-state index >= 15 is 0 Å². The molecule has 0 amide bonds. The van der Waals surface area contributed by atoms with Crippen LogP contribution in [0.3, 0.4) is 0 Å². The van der Waals surface area contributed by atoms with Crippen molar-refractivity contribution in [1.82, 2.24) is 5.32 Å². The Morgan fingerprint density at radius 3 is 2.88 bits per heavy atom. The molecule has 1 aromatic carbocycles. The molecule has 0 radical (unpaired) electrons. The van der Waals surface area contributed by atoms with E-state index in [1.807, 2.05) is 11.8 Å². The first-order valence-electron chi connectivity index (χ1n) is 5.94. The average molecular weight is 318 g/mol. The zero-order valence-electron chi connectivity index (χ0n) is 10.4. The van der Waals surface area contributed by atoms with Crippen LogP contribution >= 0.6 is 27.7 Å². The fourth-order valence-corrected chi connectivity index (χ4v) is 3.01. The van der Waals surface area contributed by atoms with E-state index < -0.39 is 0 Å². The van der Waals surface area contributed by atoms with Gasteiger partial charge in [-0.2, -0.15) is 0 Å². The van der Waals surface area contributed by atoms with Crippen LogP contribution in [0.2, 0.25) is 0 Å². The first-order chi connectivity index (χ1) is 8.17. The van der Waals surface area contributed by atoms with Crippen LogP contribution in [0.5, 0.6) is 0 Å². The van der Waals surface area contributed by atoms with E-state index in [1.54, 1.807) is 0 Å². The predicted octanol–water partition coefficient (Wildman–Crippen LogP) is 3.42. The summed E-state index contributed by atoms with van der Waals surface area (Å²) in [6.45, 7) is 6.39. The van der Waals surface area contributed by atoms with E-state index in [0.29, 0.717) is 5.25 Å². The van der Waals surface area contributed by atoms with Crippen LogP contribution in [0.15, 0.2) is 27.6 Å². The third-order valence-corrected chi connectivity index (χ3v) is 4.24. The summed E-state index contributed by atoms with van der Waals surface area (Å²) in [5, 5.41) is 12.7. The Labute approximate surface area is 116 Å². The van der Waals surface area contributed by atoms with Crippen molar-refractivity contribution < 1.29 is 5.11 Å². The maximum atomic E-state index is 8.94. The second-order valence-electron chi connectivity index (χ2n) is 3.97. The van der Waals surface area contributed by atoms with Crippen molar-refractivity contribution in [2.75, 3.05) is 13.2 Å². The standard InChI is InChI=1S/C13H20BrNOS/c1-3-15-9-11-8-12(14)4-5-13(11)17-10(2)6-7-16/h4-5,8,10,15-16H,3,6-7,9H2,1-2H3. The molecule has 0 spiro atoms. The first-order valence-corrected chi connectivity index (χ1v) is 7.61. The van der Waals surface area contributed by atoms with E-state index in [1.165, 1.54) is 10.5 Å². The SMILES string of the molecule is CCNCc1cc(Br)ccc1SC(C)CCO. The molecular weight excluding hydrogens is 298 g/mol. The van der Waals surface area contributed by atoms with E-state index in [9.17, 15) is 0 Å². The monoisotopic (exact) mass is 317 g/mol. The lowest BCUT2D eigenvalue weighted by Gasteiger charge is -2.14. The fraction of sp³-hybridized carbons (Fsp3) is 0.538. The summed E-state index contributed by atoms with van der Waals surface area (Å²) in [5.74, 6) is 0. The maximum Gasteiger partial charge on any atom is 0.0441 e. The van der Waals surface area contributed by atoms with Gasteiger partial charge in [0, 0.05) is 27.8 Å². The number of rotatable bonds is 7. The van der Waals surface area contributed by atoms with Crippen molar-refractivity contribution in [3.8, 4) is 0 Å². The van der Waals surface area contributed by atoms with Gasteiger partial charge in [-0.25, -0.2) is 0 Å². The van der Waals surface area contributed by atoms with Crippen molar-refractivity contribution in [2.24, 2.45) is 0 Å². The van der Waals surface area contributed by atoms with Gasteiger partial charge in [-0.15, -0.1) is 11.8 Å². The average Bonchev–Trinajstić information content (AvgIpc) is 2.30. The number of benzene rings is 1. The summed E-state index contributed by atoms with van der Waals surface area (Å²) < 4.78 is 1.12. The van der Waals surface area contributed by atoms with Gasteiger partial charge in [0.25, 0.3) is 0 Å². The van der Waals surface area contributed by atoms with Gasteiger partial charge in [0.2, 0.25) is 0 Å². The largest absolute Gasteiger partial charge is 0.396 e. The molecule has 2 nitrogen and oxygen atoms in total. The molecule has 1 aromatic rings. The molecule has 0 bridgehead atoms. The maximum absolute atomic E-state index is 8.94. The van der Waals surface area contributed by atoms with E-state index in [-0.39, 0.29) is 6.61 Å². The Morgan fingerprint density at radius 2 is 2.24 bits per heavy atom. The van der Waals surface area contributed by atoms with Crippen LogP contribution in [0.25, 0.3) is 0 Å². The smallest absolute Gasteiger partial charge is 0.0441 e. The fourth-order valence-electron chi connectivity index (χ4n) is 1.52. The number of aliphatic hydroxyl groups excluding tert-OH is 1. The first kappa shape index (κ1) is 15.0. The van der Waals surface area contributed by atoms with Gasteiger partial charge in [0.1, 0.15) is 0 Å².